The van der Waals surface area contributed by atoms with Crippen molar-refractivity contribution in [2.75, 3.05) is 6.61 Å². The van der Waals surface area contributed by atoms with Crippen LogP contribution in [0.1, 0.15) is 39.5 Å². The van der Waals surface area contributed by atoms with Crippen molar-refractivity contribution in [3.05, 3.63) is 64.7 Å². The van der Waals surface area contributed by atoms with Crippen molar-refractivity contribution >= 4 is 11.9 Å². The number of carboxylic acids is 1. The smallest absolute Gasteiger partial charge is 0.335 e. The third kappa shape index (κ3) is 3.40. The van der Waals surface area contributed by atoms with Crippen molar-refractivity contribution in [2.45, 2.75) is 25.8 Å². The van der Waals surface area contributed by atoms with Gasteiger partial charge in [-0.2, -0.15) is 0 Å². The van der Waals surface area contributed by atoms with Crippen LogP contribution in [0.5, 0.6) is 5.75 Å². The molecule has 0 saturated heterocycles. The molecule has 0 aliphatic carbocycles. The van der Waals surface area contributed by atoms with Gasteiger partial charge in [0.05, 0.1) is 24.6 Å². The average molecular weight is 325 g/mol. The normalized spacial score (nSPS) is 16.0. The number of hydrogen-bond donors (Lipinski definition) is 2. The molecule has 124 valence electrons. The summed E-state index contributed by atoms with van der Waals surface area (Å²) in [6.45, 7) is 2.57. The number of aromatic carboxylic acids is 1. The van der Waals surface area contributed by atoms with E-state index in [0.29, 0.717) is 6.61 Å². The van der Waals surface area contributed by atoms with Gasteiger partial charge >= 0.3 is 5.97 Å². The monoisotopic (exact) mass is 325 g/mol. The van der Waals surface area contributed by atoms with Gasteiger partial charge in [0, 0.05) is 12.0 Å². The molecule has 1 aliphatic heterocycles. The number of benzene rings is 2. The zero-order chi connectivity index (χ0) is 17.1. The first kappa shape index (κ1) is 16.1. The van der Waals surface area contributed by atoms with E-state index in [9.17, 15) is 9.59 Å². The van der Waals surface area contributed by atoms with Crippen LogP contribution in [0.2, 0.25) is 0 Å². The predicted octanol–water partition coefficient (Wildman–Crippen LogP) is 2.88. The van der Waals surface area contributed by atoms with Crippen molar-refractivity contribution in [1.29, 1.82) is 0 Å². The Morgan fingerprint density at radius 2 is 1.96 bits per heavy atom. The van der Waals surface area contributed by atoms with Gasteiger partial charge < -0.3 is 15.2 Å². The number of amides is 1. The Bertz CT molecular complexity index is 767. The standard InChI is InChI=1S/C19H19NO4/c1-12-3-2-4-15-16(9-10-24-18(12)15)20-17(21)11-13-5-7-14(8-6-13)19(22)23/h2-8,16H,9-11H2,1H3,(H,20,21)(H,22,23)/t16-/m1/s1. The molecule has 2 aromatic rings. The molecule has 0 fully saturated rings. The lowest BCUT2D eigenvalue weighted by molar-refractivity contribution is -0.121. The number of hydrogen-bond acceptors (Lipinski definition) is 3. The minimum Gasteiger partial charge on any atom is -0.493 e. The summed E-state index contributed by atoms with van der Waals surface area (Å²) in [6.07, 6.45) is 0.957. The summed E-state index contributed by atoms with van der Waals surface area (Å²) >= 11 is 0. The molecule has 3 rings (SSSR count). The molecule has 2 N–H and O–H groups in total. The Morgan fingerprint density at radius 3 is 2.67 bits per heavy atom. The van der Waals surface area contributed by atoms with Gasteiger partial charge in [-0.25, -0.2) is 4.79 Å². The molecule has 0 unspecified atom stereocenters. The highest BCUT2D eigenvalue weighted by molar-refractivity contribution is 5.87. The first-order chi connectivity index (χ1) is 11.5. The van der Waals surface area contributed by atoms with Crippen molar-refractivity contribution < 1.29 is 19.4 Å². The third-order valence-electron chi connectivity index (χ3n) is 4.17. The second-order valence-electron chi connectivity index (χ2n) is 5.93. The predicted molar refractivity (Wildman–Crippen MR) is 89.3 cm³/mol. The largest absolute Gasteiger partial charge is 0.493 e. The van der Waals surface area contributed by atoms with Crippen LogP contribution in [0, 0.1) is 6.92 Å². The molecule has 1 heterocycles. The lowest BCUT2D eigenvalue weighted by Gasteiger charge is -2.27. The van der Waals surface area contributed by atoms with Gasteiger partial charge in [-0.1, -0.05) is 30.3 Å². The molecule has 1 aliphatic rings. The second-order valence-corrected chi connectivity index (χ2v) is 5.93. The molecule has 0 bridgehead atoms. The number of fused-ring (bicyclic) bond motifs is 1. The Balaban J connectivity index is 1.68. The van der Waals surface area contributed by atoms with E-state index >= 15 is 0 Å². The SMILES string of the molecule is Cc1cccc2c1OCC[C@H]2NC(=O)Cc1ccc(C(=O)O)cc1. The number of carbonyl (C=O) groups is 2. The van der Waals surface area contributed by atoms with Crippen LogP contribution in [-0.4, -0.2) is 23.6 Å². The van der Waals surface area contributed by atoms with Crippen LogP contribution in [0.25, 0.3) is 0 Å². The third-order valence-corrected chi connectivity index (χ3v) is 4.17. The maximum atomic E-state index is 12.3. The van der Waals surface area contributed by atoms with E-state index in [1.165, 1.54) is 12.1 Å². The molecular formula is C19H19NO4. The zero-order valence-electron chi connectivity index (χ0n) is 13.4. The topological polar surface area (TPSA) is 75.6 Å². The fraction of sp³-hybridized carbons (Fsp3) is 0.263. The lowest BCUT2D eigenvalue weighted by Crippen LogP contribution is -2.33. The second kappa shape index (κ2) is 6.74. The van der Waals surface area contributed by atoms with Gasteiger partial charge in [0.25, 0.3) is 0 Å². The molecule has 0 saturated carbocycles. The van der Waals surface area contributed by atoms with Gasteiger partial charge in [-0.05, 0) is 30.2 Å². The molecule has 0 radical (unpaired) electrons. The van der Waals surface area contributed by atoms with Crippen LogP contribution in [-0.2, 0) is 11.2 Å². The van der Waals surface area contributed by atoms with Gasteiger partial charge in [0.15, 0.2) is 0 Å². The first-order valence-electron chi connectivity index (χ1n) is 7.88. The summed E-state index contributed by atoms with van der Waals surface area (Å²) in [6, 6.07) is 12.2. The Kier molecular flexibility index (Phi) is 4.51. The van der Waals surface area contributed by atoms with Crippen LogP contribution in [0.3, 0.4) is 0 Å². The van der Waals surface area contributed by atoms with Crippen molar-refractivity contribution in [2.24, 2.45) is 0 Å². The van der Waals surface area contributed by atoms with Crippen LogP contribution < -0.4 is 10.1 Å². The number of para-hydroxylation sites is 1. The summed E-state index contributed by atoms with van der Waals surface area (Å²) in [5.41, 5.74) is 3.08. The molecule has 5 nitrogen and oxygen atoms in total. The highest BCUT2D eigenvalue weighted by Crippen LogP contribution is 2.34. The Hall–Kier alpha value is -2.82. The summed E-state index contributed by atoms with van der Waals surface area (Å²) in [7, 11) is 0. The number of carbonyl (C=O) groups excluding carboxylic acids is 1. The molecule has 5 heteroatoms. The lowest BCUT2D eigenvalue weighted by atomic mass is 9.97. The number of aryl methyl sites for hydroxylation is 1. The van der Waals surface area contributed by atoms with Gasteiger partial charge in [-0.15, -0.1) is 0 Å². The van der Waals surface area contributed by atoms with Crippen molar-refractivity contribution in [1.82, 2.24) is 5.32 Å². The quantitative estimate of drug-likeness (QED) is 0.906. The molecule has 1 atom stereocenters. The Morgan fingerprint density at radius 1 is 1.21 bits per heavy atom. The van der Waals surface area contributed by atoms with Gasteiger partial charge in [0.1, 0.15) is 5.75 Å². The minimum atomic E-state index is -0.972. The van der Waals surface area contributed by atoms with Crippen molar-refractivity contribution in [3.8, 4) is 5.75 Å². The number of nitrogens with one attached hydrogen (secondary N) is 1. The zero-order valence-corrected chi connectivity index (χ0v) is 13.4. The van der Waals surface area contributed by atoms with E-state index in [4.69, 9.17) is 9.84 Å². The summed E-state index contributed by atoms with van der Waals surface area (Å²) in [5.74, 6) is -0.197. The highest BCUT2D eigenvalue weighted by atomic mass is 16.5. The van der Waals surface area contributed by atoms with E-state index in [1.54, 1.807) is 12.1 Å². The molecule has 1 amide bonds. The molecular weight excluding hydrogens is 306 g/mol. The van der Waals surface area contributed by atoms with Gasteiger partial charge in [-0.3, -0.25) is 4.79 Å². The highest BCUT2D eigenvalue weighted by Gasteiger charge is 2.24. The number of carboxylic acid groups (broad SMARTS) is 1. The van der Waals surface area contributed by atoms with Crippen molar-refractivity contribution in [3.63, 3.8) is 0 Å². The van der Waals surface area contributed by atoms with Gasteiger partial charge in [0.2, 0.25) is 5.91 Å². The fourth-order valence-electron chi connectivity index (χ4n) is 2.93. The fourth-order valence-corrected chi connectivity index (χ4v) is 2.93. The number of rotatable bonds is 4. The van der Waals surface area contributed by atoms with Crippen LogP contribution in [0.15, 0.2) is 42.5 Å². The molecule has 0 aromatic heterocycles. The summed E-state index contributed by atoms with van der Waals surface area (Å²) in [5, 5.41) is 12.0. The maximum absolute atomic E-state index is 12.3. The average Bonchev–Trinajstić information content (AvgIpc) is 2.56. The molecule has 0 spiro atoms. The van der Waals surface area contributed by atoms with E-state index < -0.39 is 5.97 Å². The maximum Gasteiger partial charge on any atom is 0.335 e. The number of ether oxygens (including phenoxy) is 1. The summed E-state index contributed by atoms with van der Waals surface area (Å²) < 4.78 is 5.71. The minimum absolute atomic E-state index is 0.0561. The Labute approximate surface area is 140 Å². The molecule has 24 heavy (non-hydrogen) atoms. The van der Waals surface area contributed by atoms with Crippen LogP contribution >= 0.6 is 0 Å². The van der Waals surface area contributed by atoms with E-state index in [-0.39, 0.29) is 23.9 Å². The first-order valence-corrected chi connectivity index (χ1v) is 7.88. The van der Waals surface area contributed by atoms with Crippen LogP contribution in [0.4, 0.5) is 0 Å². The molecule has 2 aromatic carbocycles. The van der Waals surface area contributed by atoms with E-state index in [0.717, 1.165) is 28.9 Å². The summed E-state index contributed by atoms with van der Waals surface area (Å²) in [4.78, 5) is 23.2. The van der Waals surface area contributed by atoms with E-state index in [2.05, 4.69) is 5.32 Å². The van der Waals surface area contributed by atoms with E-state index in [1.807, 2.05) is 25.1 Å².